The Hall–Kier alpha value is -3.84. The number of rotatable bonds is 5. The second kappa shape index (κ2) is 8.96. The number of amides is 1. The van der Waals surface area contributed by atoms with Crippen LogP contribution in [0.4, 0.5) is 10.1 Å². The molecule has 33 heavy (non-hydrogen) atoms. The molecule has 6 nitrogen and oxygen atoms in total. The highest BCUT2D eigenvalue weighted by Gasteiger charge is 2.47. The van der Waals surface area contributed by atoms with Gasteiger partial charge in [-0.2, -0.15) is 0 Å². The quantitative estimate of drug-likeness (QED) is 0.320. The fraction of sp³-hybridized carbons (Fsp3) is 0.120. The number of anilines is 1. The van der Waals surface area contributed by atoms with Crippen molar-refractivity contribution in [2.75, 3.05) is 19.1 Å². The molecule has 1 aliphatic rings. The summed E-state index contributed by atoms with van der Waals surface area (Å²) in [7, 11) is 2.83. The van der Waals surface area contributed by atoms with Crippen LogP contribution in [0, 0.1) is 5.82 Å². The van der Waals surface area contributed by atoms with Crippen LogP contribution in [-0.4, -0.2) is 31.0 Å². The Morgan fingerprint density at radius 2 is 1.61 bits per heavy atom. The standard InChI is InChI=1S/C25H19ClFNO5/c1-32-18-9-6-10-19(33-2)20(18)23(29)21-22(14-7-4-3-5-8-14)28(25(31)24(21)30)15-11-12-17(27)16(26)13-15/h3-13,22,29H,1-2H3/b23-21+. The highest BCUT2D eigenvalue weighted by Crippen LogP contribution is 2.45. The molecule has 3 aromatic carbocycles. The molecule has 1 fully saturated rings. The molecule has 1 unspecified atom stereocenters. The zero-order chi connectivity index (χ0) is 23.7. The summed E-state index contributed by atoms with van der Waals surface area (Å²) >= 11 is 5.95. The number of aliphatic hydroxyl groups is 1. The van der Waals surface area contributed by atoms with Gasteiger partial charge in [0.15, 0.2) is 0 Å². The number of carbonyl (C=O) groups is 2. The lowest BCUT2D eigenvalue weighted by Crippen LogP contribution is -2.29. The maximum atomic E-state index is 13.8. The lowest BCUT2D eigenvalue weighted by atomic mass is 9.94. The van der Waals surface area contributed by atoms with E-state index < -0.39 is 29.3 Å². The number of ether oxygens (including phenoxy) is 2. The first-order valence-electron chi connectivity index (χ1n) is 9.91. The third-order valence-electron chi connectivity index (χ3n) is 5.41. The largest absolute Gasteiger partial charge is 0.506 e. The van der Waals surface area contributed by atoms with E-state index in [9.17, 15) is 19.1 Å². The Morgan fingerprint density at radius 3 is 2.18 bits per heavy atom. The molecule has 0 bridgehead atoms. The SMILES string of the molecule is COc1cccc(OC)c1/C(O)=C1\C(=O)C(=O)N(c2ccc(F)c(Cl)c2)C1c1ccccc1. The average molecular weight is 468 g/mol. The number of carbonyl (C=O) groups excluding carboxylic acids is 2. The Kier molecular flexibility index (Phi) is 6.07. The van der Waals surface area contributed by atoms with Gasteiger partial charge in [0.1, 0.15) is 28.6 Å². The molecule has 0 spiro atoms. The van der Waals surface area contributed by atoms with Crippen molar-refractivity contribution >= 4 is 34.7 Å². The highest BCUT2D eigenvalue weighted by atomic mass is 35.5. The van der Waals surface area contributed by atoms with E-state index in [-0.39, 0.29) is 33.3 Å². The summed E-state index contributed by atoms with van der Waals surface area (Å²) in [5.74, 6) is -2.39. The molecule has 1 heterocycles. The van der Waals surface area contributed by atoms with Crippen molar-refractivity contribution in [3.8, 4) is 11.5 Å². The van der Waals surface area contributed by atoms with Gasteiger partial charge in [-0.15, -0.1) is 0 Å². The first-order chi connectivity index (χ1) is 15.9. The summed E-state index contributed by atoms with van der Waals surface area (Å²) in [6.45, 7) is 0. The molecule has 8 heteroatoms. The van der Waals surface area contributed by atoms with Crippen molar-refractivity contribution in [3.63, 3.8) is 0 Å². The third kappa shape index (κ3) is 3.81. The maximum Gasteiger partial charge on any atom is 0.300 e. The molecule has 4 rings (SSSR count). The summed E-state index contributed by atoms with van der Waals surface area (Å²) in [4.78, 5) is 27.6. The van der Waals surface area contributed by atoms with Gasteiger partial charge in [-0.05, 0) is 35.9 Å². The van der Waals surface area contributed by atoms with Gasteiger partial charge in [-0.3, -0.25) is 14.5 Å². The van der Waals surface area contributed by atoms with E-state index in [2.05, 4.69) is 0 Å². The van der Waals surface area contributed by atoms with Crippen LogP contribution in [0.25, 0.3) is 5.76 Å². The van der Waals surface area contributed by atoms with Gasteiger partial charge in [0, 0.05) is 5.69 Å². The second-order valence-corrected chi connectivity index (χ2v) is 7.62. The Bertz CT molecular complexity index is 1250. The number of nitrogens with zero attached hydrogens (tertiary/aromatic N) is 1. The number of benzene rings is 3. The van der Waals surface area contributed by atoms with Crippen molar-refractivity contribution in [1.29, 1.82) is 0 Å². The van der Waals surface area contributed by atoms with E-state index in [1.165, 1.54) is 31.3 Å². The van der Waals surface area contributed by atoms with Gasteiger partial charge in [0.25, 0.3) is 11.7 Å². The van der Waals surface area contributed by atoms with Crippen LogP contribution < -0.4 is 14.4 Å². The molecule has 1 atom stereocenters. The molecular weight excluding hydrogens is 449 g/mol. The molecule has 0 radical (unpaired) electrons. The summed E-state index contributed by atoms with van der Waals surface area (Å²) in [6, 6.07) is 16.3. The van der Waals surface area contributed by atoms with Gasteiger partial charge in [0.2, 0.25) is 0 Å². The van der Waals surface area contributed by atoms with Crippen LogP contribution in [0.15, 0.2) is 72.3 Å². The molecule has 168 valence electrons. The smallest absolute Gasteiger partial charge is 0.300 e. The molecule has 0 saturated carbocycles. The summed E-state index contributed by atoms with van der Waals surface area (Å²) in [5.41, 5.74) is 0.754. The molecule has 0 aliphatic carbocycles. The number of Topliss-reactive ketones (excluding diaryl/α,β-unsaturated/α-hetero) is 1. The van der Waals surface area contributed by atoms with Crippen molar-refractivity contribution in [2.45, 2.75) is 6.04 Å². The summed E-state index contributed by atoms with van der Waals surface area (Å²) in [6.07, 6.45) is 0. The Morgan fingerprint density at radius 1 is 0.970 bits per heavy atom. The van der Waals surface area contributed by atoms with E-state index >= 15 is 0 Å². The fourth-order valence-electron chi connectivity index (χ4n) is 3.90. The van der Waals surface area contributed by atoms with Gasteiger partial charge in [-0.1, -0.05) is 48.0 Å². The third-order valence-corrected chi connectivity index (χ3v) is 5.70. The summed E-state index contributed by atoms with van der Waals surface area (Å²) < 4.78 is 24.5. The van der Waals surface area contributed by atoms with Crippen LogP contribution in [0.2, 0.25) is 5.02 Å². The van der Waals surface area contributed by atoms with Crippen molar-refractivity contribution in [1.82, 2.24) is 0 Å². The fourth-order valence-corrected chi connectivity index (χ4v) is 4.08. The topological polar surface area (TPSA) is 76.1 Å². The van der Waals surface area contributed by atoms with E-state index in [0.29, 0.717) is 5.56 Å². The number of hydrogen-bond acceptors (Lipinski definition) is 5. The molecule has 0 aromatic heterocycles. The van der Waals surface area contributed by atoms with Crippen LogP contribution >= 0.6 is 11.6 Å². The minimum Gasteiger partial charge on any atom is -0.506 e. The van der Waals surface area contributed by atoms with Gasteiger partial charge < -0.3 is 14.6 Å². The predicted octanol–water partition coefficient (Wildman–Crippen LogP) is 5.12. The number of halogens is 2. The van der Waals surface area contributed by atoms with E-state index in [4.69, 9.17) is 21.1 Å². The monoisotopic (exact) mass is 467 g/mol. The number of hydrogen-bond donors (Lipinski definition) is 1. The van der Waals surface area contributed by atoms with Crippen LogP contribution in [-0.2, 0) is 9.59 Å². The lowest BCUT2D eigenvalue weighted by Gasteiger charge is -2.26. The molecule has 3 aromatic rings. The molecule has 1 aliphatic heterocycles. The van der Waals surface area contributed by atoms with Gasteiger partial charge in [-0.25, -0.2) is 4.39 Å². The maximum absolute atomic E-state index is 13.8. The minimum absolute atomic E-state index is 0.138. The van der Waals surface area contributed by atoms with Gasteiger partial charge in [0.05, 0.1) is 30.9 Å². The van der Waals surface area contributed by atoms with E-state index in [0.717, 1.165) is 6.07 Å². The molecule has 1 N–H and O–H groups in total. The zero-order valence-electron chi connectivity index (χ0n) is 17.7. The molecular formula is C25H19ClFNO5. The second-order valence-electron chi connectivity index (χ2n) is 7.22. The number of aliphatic hydroxyl groups excluding tert-OH is 1. The van der Waals surface area contributed by atoms with Crippen LogP contribution in [0.5, 0.6) is 11.5 Å². The first kappa shape index (κ1) is 22.4. The van der Waals surface area contributed by atoms with Crippen LogP contribution in [0.1, 0.15) is 17.2 Å². The molecule has 1 amide bonds. The van der Waals surface area contributed by atoms with E-state index in [1.807, 2.05) is 0 Å². The number of methoxy groups -OCH3 is 2. The highest BCUT2D eigenvalue weighted by molar-refractivity contribution is 6.52. The normalized spacial score (nSPS) is 17.3. The number of ketones is 1. The molecule has 1 saturated heterocycles. The van der Waals surface area contributed by atoms with Crippen molar-refractivity contribution in [2.24, 2.45) is 0 Å². The lowest BCUT2D eigenvalue weighted by molar-refractivity contribution is -0.132. The minimum atomic E-state index is -0.998. The first-order valence-corrected chi connectivity index (χ1v) is 10.3. The summed E-state index contributed by atoms with van der Waals surface area (Å²) in [5, 5.41) is 11.2. The van der Waals surface area contributed by atoms with E-state index in [1.54, 1.807) is 48.5 Å². The predicted molar refractivity (Wildman–Crippen MR) is 122 cm³/mol. The zero-order valence-corrected chi connectivity index (χ0v) is 18.5. The van der Waals surface area contributed by atoms with Crippen LogP contribution in [0.3, 0.4) is 0 Å². The van der Waals surface area contributed by atoms with Crippen molar-refractivity contribution in [3.05, 3.63) is 94.3 Å². The van der Waals surface area contributed by atoms with Gasteiger partial charge >= 0.3 is 0 Å². The Balaban J connectivity index is 2.01. The average Bonchev–Trinajstić information content (AvgIpc) is 3.10. The van der Waals surface area contributed by atoms with Crippen molar-refractivity contribution < 1.29 is 28.6 Å². The Labute approximate surface area is 194 Å².